The van der Waals surface area contributed by atoms with Crippen LogP contribution < -0.4 is 5.32 Å². The number of hydrogen-bond donors (Lipinski definition) is 3. The van der Waals surface area contributed by atoms with Gasteiger partial charge < -0.3 is 25.3 Å². The molecule has 0 fully saturated rings. The van der Waals surface area contributed by atoms with Crippen LogP contribution in [0.25, 0.3) is 0 Å². The zero-order chi connectivity index (χ0) is 25.6. The van der Waals surface area contributed by atoms with E-state index in [2.05, 4.69) is 27.9 Å². The molecule has 0 radical (unpaired) electrons. The minimum absolute atomic E-state index is 0.0657. The van der Waals surface area contributed by atoms with Crippen LogP contribution in [-0.2, 0) is 19.4 Å². The van der Waals surface area contributed by atoms with Crippen molar-refractivity contribution in [1.29, 1.82) is 0 Å². The van der Waals surface area contributed by atoms with E-state index in [9.17, 15) is 22.8 Å². The monoisotopic (exact) mass is 617 g/mol. The van der Waals surface area contributed by atoms with Gasteiger partial charge in [0.1, 0.15) is 0 Å². The van der Waals surface area contributed by atoms with Gasteiger partial charge in [-0.25, -0.2) is 22.8 Å². The van der Waals surface area contributed by atoms with Crippen LogP contribution in [0.15, 0.2) is 41.3 Å². The molecule has 0 aromatic heterocycles. The molecule has 1 aromatic carbocycles. The third-order valence-corrected chi connectivity index (χ3v) is 7.25. The number of likely N-dealkylation sites (N-methyl/N-ethyl adjacent to an activating group) is 1. The molecule has 0 saturated carbocycles. The standard InChI is InChI=1S/C16H25ClIN3O3S.C4H4O4/c1-13(12-18)21(10-9-20(2)3)16(22)19-8-11-25(23,24)15-6-4-14(17)5-7-15;5-3(6)1-2-4(7)8/h4-7,13H,8-12H2,1-3H3,(H,19,22);1-2H,(H,5,6)(H,7,8). The molecule has 1 unspecified atom stereocenters. The fourth-order valence-corrected chi connectivity index (χ4v) is 3.97. The first-order valence-corrected chi connectivity index (χ1v) is 13.2. The van der Waals surface area contributed by atoms with Crippen molar-refractivity contribution < 1.29 is 33.0 Å². The number of urea groups is 1. The van der Waals surface area contributed by atoms with Crippen LogP contribution in [0, 0.1) is 0 Å². The number of nitrogens with zero attached hydrogens (tertiary/aromatic N) is 2. The second kappa shape index (κ2) is 15.9. The van der Waals surface area contributed by atoms with Crippen molar-refractivity contribution in [3.05, 3.63) is 41.4 Å². The van der Waals surface area contributed by atoms with Crippen LogP contribution in [0.3, 0.4) is 0 Å². The molecule has 33 heavy (non-hydrogen) atoms. The van der Waals surface area contributed by atoms with Gasteiger partial charge >= 0.3 is 18.0 Å². The number of amides is 2. The average Bonchev–Trinajstić information content (AvgIpc) is 2.72. The summed E-state index contributed by atoms with van der Waals surface area (Å²) >= 11 is 8.01. The van der Waals surface area contributed by atoms with Gasteiger partial charge in [-0.3, -0.25) is 0 Å². The van der Waals surface area contributed by atoms with Gasteiger partial charge in [0.05, 0.1) is 10.6 Å². The topological polar surface area (TPSA) is 144 Å². The fourth-order valence-electron chi connectivity index (χ4n) is 2.21. The molecule has 186 valence electrons. The van der Waals surface area contributed by atoms with E-state index in [1.807, 2.05) is 25.9 Å². The summed E-state index contributed by atoms with van der Waals surface area (Å²) in [5.41, 5.74) is 0. The first-order valence-electron chi connectivity index (χ1n) is 9.67. The van der Waals surface area contributed by atoms with E-state index in [-0.39, 0.29) is 29.3 Å². The lowest BCUT2D eigenvalue weighted by Crippen LogP contribution is -2.49. The summed E-state index contributed by atoms with van der Waals surface area (Å²) in [5.74, 6) is -2.67. The molecule has 0 spiro atoms. The number of carbonyl (C=O) groups excluding carboxylic acids is 1. The van der Waals surface area contributed by atoms with Crippen LogP contribution in [0.1, 0.15) is 6.92 Å². The second-order valence-electron chi connectivity index (χ2n) is 7.01. The number of carboxylic acid groups (broad SMARTS) is 2. The first-order chi connectivity index (χ1) is 15.3. The lowest BCUT2D eigenvalue weighted by atomic mass is 10.3. The minimum Gasteiger partial charge on any atom is -0.478 e. The van der Waals surface area contributed by atoms with Crippen molar-refractivity contribution in [3.63, 3.8) is 0 Å². The van der Waals surface area contributed by atoms with Crippen molar-refractivity contribution in [2.24, 2.45) is 0 Å². The Morgan fingerprint density at radius 3 is 2.03 bits per heavy atom. The smallest absolute Gasteiger partial charge is 0.328 e. The quantitative estimate of drug-likeness (QED) is 0.195. The van der Waals surface area contributed by atoms with Gasteiger partial charge in [-0.2, -0.15) is 0 Å². The lowest BCUT2D eigenvalue weighted by molar-refractivity contribution is -0.134. The Morgan fingerprint density at radius 2 is 1.61 bits per heavy atom. The van der Waals surface area contributed by atoms with Gasteiger partial charge in [-0.15, -0.1) is 0 Å². The molecular weight excluding hydrogens is 589 g/mol. The Hall–Kier alpha value is -1.90. The maximum absolute atomic E-state index is 12.4. The van der Waals surface area contributed by atoms with Crippen molar-refractivity contribution in [3.8, 4) is 0 Å². The molecule has 1 atom stereocenters. The fraction of sp³-hybridized carbons (Fsp3) is 0.450. The predicted molar refractivity (Wildman–Crippen MR) is 135 cm³/mol. The number of alkyl halides is 1. The summed E-state index contributed by atoms with van der Waals surface area (Å²) in [6.07, 6.45) is 1.12. The lowest BCUT2D eigenvalue weighted by Gasteiger charge is -2.29. The third kappa shape index (κ3) is 14.1. The first kappa shape index (κ1) is 31.1. The van der Waals surface area contributed by atoms with Gasteiger partial charge in [0.2, 0.25) is 0 Å². The molecule has 0 saturated heterocycles. The number of carboxylic acids is 2. The van der Waals surface area contributed by atoms with Crippen molar-refractivity contribution in [1.82, 2.24) is 15.1 Å². The van der Waals surface area contributed by atoms with Crippen LogP contribution in [0.5, 0.6) is 0 Å². The van der Waals surface area contributed by atoms with E-state index in [0.29, 0.717) is 23.7 Å². The zero-order valence-corrected chi connectivity index (χ0v) is 22.3. The van der Waals surface area contributed by atoms with Gasteiger partial charge in [0.25, 0.3) is 0 Å². The van der Waals surface area contributed by atoms with Crippen LogP contribution in [0.2, 0.25) is 5.02 Å². The number of carbonyl (C=O) groups is 3. The zero-order valence-electron chi connectivity index (χ0n) is 18.6. The summed E-state index contributed by atoms with van der Waals surface area (Å²) in [7, 11) is 0.444. The maximum Gasteiger partial charge on any atom is 0.328 e. The summed E-state index contributed by atoms with van der Waals surface area (Å²) in [6.45, 7) is 3.38. The second-order valence-corrected chi connectivity index (χ2v) is 10.4. The summed E-state index contributed by atoms with van der Waals surface area (Å²) < 4.78 is 25.4. The highest BCUT2D eigenvalue weighted by Gasteiger charge is 2.20. The SMILES string of the molecule is CC(CI)N(CCN(C)C)C(=O)NCCS(=O)(=O)c1ccc(Cl)cc1.O=C(O)C=CC(=O)O. The molecule has 2 amide bonds. The summed E-state index contributed by atoms with van der Waals surface area (Å²) in [6, 6.07) is 5.86. The Kier molecular flexibility index (Phi) is 14.9. The van der Waals surface area contributed by atoms with E-state index in [1.165, 1.54) is 24.3 Å². The molecule has 3 N–H and O–H groups in total. The molecular formula is C20H29ClIN3O7S. The third-order valence-electron chi connectivity index (χ3n) is 3.99. The van der Waals surface area contributed by atoms with E-state index >= 15 is 0 Å². The molecule has 0 heterocycles. The Labute approximate surface area is 212 Å². The molecule has 1 rings (SSSR count). The maximum atomic E-state index is 12.4. The Morgan fingerprint density at radius 1 is 1.09 bits per heavy atom. The van der Waals surface area contributed by atoms with Crippen molar-refractivity contribution in [2.45, 2.75) is 17.9 Å². The van der Waals surface area contributed by atoms with Gasteiger partial charge in [-0.1, -0.05) is 34.2 Å². The number of sulfone groups is 1. The average molecular weight is 618 g/mol. The number of benzene rings is 1. The Balaban J connectivity index is 0.00000109. The van der Waals surface area contributed by atoms with Gasteiger partial charge in [0, 0.05) is 47.3 Å². The van der Waals surface area contributed by atoms with Crippen molar-refractivity contribution >= 4 is 62.0 Å². The number of hydrogen-bond acceptors (Lipinski definition) is 6. The molecule has 0 aliphatic heterocycles. The van der Waals surface area contributed by atoms with Crippen LogP contribution in [0.4, 0.5) is 4.79 Å². The predicted octanol–water partition coefficient (Wildman–Crippen LogP) is 2.22. The highest BCUT2D eigenvalue weighted by Crippen LogP contribution is 2.15. The molecule has 0 aliphatic rings. The van der Waals surface area contributed by atoms with Crippen molar-refractivity contribution in [2.75, 3.05) is 43.9 Å². The summed E-state index contributed by atoms with van der Waals surface area (Å²) in [4.78, 5) is 35.5. The van der Waals surface area contributed by atoms with Crippen LogP contribution in [-0.4, -0.2) is 96.4 Å². The molecule has 0 bridgehead atoms. The van der Waals surface area contributed by atoms with E-state index < -0.39 is 21.8 Å². The minimum atomic E-state index is -3.45. The number of halogens is 2. The van der Waals surface area contributed by atoms with Gasteiger partial charge in [-0.05, 0) is 45.3 Å². The highest BCUT2D eigenvalue weighted by atomic mass is 127. The number of rotatable bonds is 11. The normalized spacial score (nSPS) is 12.1. The molecule has 10 nitrogen and oxygen atoms in total. The molecule has 0 aliphatic carbocycles. The van der Waals surface area contributed by atoms with E-state index in [4.69, 9.17) is 21.8 Å². The number of nitrogens with one attached hydrogen (secondary N) is 1. The van der Waals surface area contributed by atoms with E-state index in [1.54, 1.807) is 4.90 Å². The number of aliphatic carboxylic acids is 2. The summed E-state index contributed by atoms with van der Waals surface area (Å²) in [5, 5.41) is 18.8. The molecule has 1 aromatic rings. The van der Waals surface area contributed by atoms with Crippen LogP contribution >= 0.6 is 34.2 Å². The Bertz CT molecular complexity index is 893. The highest BCUT2D eigenvalue weighted by molar-refractivity contribution is 14.1. The van der Waals surface area contributed by atoms with Gasteiger partial charge in [0.15, 0.2) is 9.84 Å². The largest absolute Gasteiger partial charge is 0.478 e. The van der Waals surface area contributed by atoms with E-state index in [0.717, 1.165) is 11.0 Å². The molecule has 13 heteroatoms.